The van der Waals surface area contributed by atoms with Crippen molar-refractivity contribution in [2.75, 3.05) is 40.0 Å². The maximum atomic E-state index is 13.4. The van der Waals surface area contributed by atoms with Crippen LogP contribution in [0.25, 0.3) is 0 Å². The van der Waals surface area contributed by atoms with Crippen LogP contribution in [0.15, 0.2) is 29.2 Å². The van der Waals surface area contributed by atoms with E-state index in [2.05, 4.69) is 0 Å². The summed E-state index contributed by atoms with van der Waals surface area (Å²) in [6.45, 7) is 2.43. The number of benzene rings is 1. The van der Waals surface area contributed by atoms with Crippen LogP contribution >= 0.6 is 0 Å². The lowest BCUT2D eigenvalue weighted by atomic mass is 9.94. The fourth-order valence-corrected chi connectivity index (χ4v) is 6.13. The number of hydrogen-bond donors (Lipinski definition) is 0. The first-order valence-electron chi connectivity index (χ1n) is 10.7. The molecule has 3 aliphatic rings. The van der Waals surface area contributed by atoms with Crippen molar-refractivity contribution in [2.45, 2.75) is 49.3 Å². The second-order valence-corrected chi connectivity index (χ2v) is 10.0. The Balaban J connectivity index is 1.47. The standard InChI is InChI=1S/C21H30N2O6S/c1-27-17-7-9-18(10-8-17)30(25,26)22-11-4-5-16(15-22)20(24)23-12-3-2-6-19(23)21-28-13-14-29-21/h7-10,16,19,21H,2-6,11-15H2,1H3. The molecule has 1 amide bonds. The highest BCUT2D eigenvalue weighted by molar-refractivity contribution is 7.89. The molecule has 4 rings (SSSR count). The third-order valence-electron chi connectivity index (χ3n) is 6.22. The van der Waals surface area contributed by atoms with E-state index in [1.54, 1.807) is 31.4 Å². The molecule has 30 heavy (non-hydrogen) atoms. The van der Waals surface area contributed by atoms with Gasteiger partial charge in [-0.3, -0.25) is 4.79 Å². The number of carbonyl (C=O) groups excluding carboxylic acids is 1. The minimum atomic E-state index is -3.66. The first-order valence-corrected chi connectivity index (χ1v) is 12.1. The van der Waals surface area contributed by atoms with Crippen molar-refractivity contribution >= 4 is 15.9 Å². The van der Waals surface area contributed by atoms with Gasteiger partial charge in [0.2, 0.25) is 15.9 Å². The number of rotatable bonds is 5. The lowest BCUT2D eigenvalue weighted by molar-refractivity contribution is -0.155. The molecule has 0 bridgehead atoms. The van der Waals surface area contributed by atoms with E-state index in [1.165, 1.54) is 4.31 Å². The molecule has 0 spiro atoms. The van der Waals surface area contributed by atoms with Crippen LogP contribution in [0.2, 0.25) is 0 Å². The topological polar surface area (TPSA) is 85.4 Å². The molecule has 3 saturated heterocycles. The first kappa shape index (κ1) is 21.5. The van der Waals surface area contributed by atoms with Gasteiger partial charge in [-0.05, 0) is 56.4 Å². The lowest BCUT2D eigenvalue weighted by Gasteiger charge is -2.41. The number of likely N-dealkylation sites (tertiary alicyclic amines) is 1. The molecular formula is C21H30N2O6S. The van der Waals surface area contributed by atoms with Gasteiger partial charge in [-0.15, -0.1) is 0 Å². The second-order valence-electron chi connectivity index (χ2n) is 8.08. The third-order valence-corrected chi connectivity index (χ3v) is 8.10. The number of hydrogen-bond acceptors (Lipinski definition) is 6. The summed E-state index contributed by atoms with van der Waals surface area (Å²) in [4.78, 5) is 15.5. The molecule has 0 aromatic heterocycles. The van der Waals surface area contributed by atoms with E-state index in [4.69, 9.17) is 14.2 Å². The molecule has 1 aromatic carbocycles. The molecule has 3 heterocycles. The number of piperidine rings is 2. The Morgan fingerprint density at radius 1 is 1.03 bits per heavy atom. The van der Waals surface area contributed by atoms with Gasteiger partial charge in [0.25, 0.3) is 0 Å². The summed E-state index contributed by atoms with van der Waals surface area (Å²) in [6, 6.07) is 6.30. The van der Waals surface area contributed by atoms with E-state index >= 15 is 0 Å². The SMILES string of the molecule is COc1ccc(S(=O)(=O)N2CCCC(C(=O)N3CCCCC3C3OCCO3)C2)cc1. The second kappa shape index (κ2) is 9.21. The Morgan fingerprint density at radius 2 is 1.77 bits per heavy atom. The molecular weight excluding hydrogens is 408 g/mol. The van der Waals surface area contributed by atoms with E-state index in [9.17, 15) is 13.2 Å². The minimum Gasteiger partial charge on any atom is -0.497 e. The lowest BCUT2D eigenvalue weighted by Crippen LogP contribution is -2.54. The van der Waals surface area contributed by atoms with Gasteiger partial charge in [0.15, 0.2) is 6.29 Å². The van der Waals surface area contributed by atoms with Crippen molar-refractivity contribution in [3.8, 4) is 5.75 Å². The molecule has 0 aliphatic carbocycles. The van der Waals surface area contributed by atoms with Crippen molar-refractivity contribution in [1.29, 1.82) is 0 Å². The van der Waals surface area contributed by atoms with E-state index < -0.39 is 10.0 Å². The molecule has 2 atom stereocenters. The van der Waals surface area contributed by atoms with Gasteiger partial charge in [-0.25, -0.2) is 8.42 Å². The summed E-state index contributed by atoms with van der Waals surface area (Å²) < 4.78 is 44.2. The summed E-state index contributed by atoms with van der Waals surface area (Å²) in [6.07, 6.45) is 3.85. The normalized spacial score (nSPS) is 26.6. The minimum absolute atomic E-state index is 0.0217. The van der Waals surface area contributed by atoms with Crippen molar-refractivity contribution in [1.82, 2.24) is 9.21 Å². The number of ether oxygens (including phenoxy) is 3. The van der Waals surface area contributed by atoms with Crippen LogP contribution in [-0.2, 0) is 24.3 Å². The molecule has 0 radical (unpaired) electrons. The average molecular weight is 439 g/mol. The number of methoxy groups -OCH3 is 1. The zero-order valence-electron chi connectivity index (χ0n) is 17.4. The Labute approximate surface area is 178 Å². The number of carbonyl (C=O) groups is 1. The Hall–Kier alpha value is -1.68. The van der Waals surface area contributed by atoms with E-state index in [0.717, 1.165) is 19.3 Å². The molecule has 166 valence electrons. The summed E-state index contributed by atoms with van der Waals surface area (Å²) >= 11 is 0. The Bertz CT molecular complexity index is 838. The van der Waals surface area contributed by atoms with Crippen LogP contribution in [0, 0.1) is 5.92 Å². The van der Waals surface area contributed by atoms with Gasteiger partial charge in [-0.2, -0.15) is 4.31 Å². The van der Waals surface area contributed by atoms with Crippen LogP contribution in [0.3, 0.4) is 0 Å². The zero-order chi connectivity index (χ0) is 21.1. The highest BCUT2D eigenvalue weighted by Gasteiger charge is 2.41. The monoisotopic (exact) mass is 438 g/mol. The van der Waals surface area contributed by atoms with E-state index in [1.807, 2.05) is 4.90 Å². The van der Waals surface area contributed by atoms with Gasteiger partial charge < -0.3 is 19.1 Å². The molecule has 8 nitrogen and oxygen atoms in total. The van der Waals surface area contributed by atoms with Gasteiger partial charge >= 0.3 is 0 Å². The van der Waals surface area contributed by atoms with Gasteiger partial charge in [0, 0.05) is 19.6 Å². The van der Waals surface area contributed by atoms with Crippen LogP contribution in [0.4, 0.5) is 0 Å². The highest BCUT2D eigenvalue weighted by atomic mass is 32.2. The molecule has 3 aliphatic heterocycles. The fourth-order valence-electron chi connectivity index (χ4n) is 4.61. The van der Waals surface area contributed by atoms with Crippen molar-refractivity contribution in [3.63, 3.8) is 0 Å². The fraction of sp³-hybridized carbons (Fsp3) is 0.667. The third kappa shape index (κ3) is 4.34. The highest BCUT2D eigenvalue weighted by Crippen LogP contribution is 2.30. The van der Waals surface area contributed by atoms with E-state index in [0.29, 0.717) is 44.9 Å². The molecule has 9 heteroatoms. The van der Waals surface area contributed by atoms with E-state index in [-0.39, 0.29) is 35.6 Å². The van der Waals surface area contributed by atoms with Crippen LogP contribution in [0.5, 0.6) is 5.75 Å². The van der Waals surface area contributed by atoms with Gasteiger partial charge in [0.05, 0.1) is 37.2 Å². The number of amides is 1. The molecule has 0 saturated carbocycles. The average Bonchev–Trinajstić information content (AvgIpc) is 3.33. The Kier molecular flexibility index (Phi) is 6.62. The maximum absolute atomic E-state index is 13.4. The number of sulfonamides is 1. The predicted molar refractivity (Wildman–Crippen MR) is 110 cm³/mol. The first-order chi connectivity index (χ1) is 14.5. The summed E-state index contributed by atoms with van der Waals surface area (Å²) in [5, 5.41) is 0. The summed E-state index contributed by atoms with van der Waals surface area (Å²) in [5.41, 5.74) is 0. The van der Waals surface area contributed by atoms with Gasteiger partial charge in [-0.1, -0.05) is 0 Å². The molecule has 2 unspecified atom stereocenters. The quantitative estimate of drug-likeness (QED) is 0.698. The van der Waals surface area contributed by atoms with Crippen LogP contribution in [0.1, 0.15) is 32.1 Å². The van der Waals surface area contributed by atoms with Gasteiger partial charge in [0.1, 0.15) is 5.75 Å². The summed E-state index contributed by atoms with van der Waals surface area (Å²) in [5.74, 6) is 0.287. The van der Waals surface area contributed by atoms with Crippen molar-refractivity contribution in [3.05, 3.63) is 24.3 Å². The smallest absolute Gasteiger partial charge is 0.243 e. The molecule has 1 aromatic rings. The molecule has 3 fully saturated rings. The maximum Gasteiger partial charge on any atom is 0.243 e. The van der Waals surface area contributed by atoms with Crippen LogP contribution in [-0.4, -0.2) is 75.8 Å². The van der Waals surface area contributed by atoms with Crippen LogP contribution < -0.4 is 4.74 Å². The Morgan fingerprint density at radius 3 is 2.47 bits per heavy atom. The summed E-state index contributed by atoms with van der Waals surface area (Å²) in [7, 11) is -2.11. The largest absolute Gasteiger partial charge is 0.497 e. The predicted octanol–water partition coefficient (Wildman–Crippen LogP) is 1.85. The number of nitrogens with zero attached hydrogens (tertiary/aromatic N) is 2. The van der Waals surface area contributed by atoms with Crippen molar-refractivity contribution in [2.24, 2.45) is 5.92 Å². The zero-order valence-corrected chi connectivity index (χ0v) is 18.2. The van der Waals surface area contributed by atoms with Crippen molar-refractivity contribution < 1.29 is 27.4 Å². The molecule has 0 N–H and O–H groups in total.